The van der Waals surface area contributed by atoms with Gasteiger partial charge in [-0.15, -0.1) is 0 Å². The van der Waals surface area contributed by atoms with E-state index in [1.165, 1.54) is 32.4 Å². The molecule has 2 aromatic carbocycles. The third-order valence-corrected chi connectivity index (χ3v) is 3.05. The highest BCUT2D eigenvalue weighted by Gasteiger charge is 2.28. The van der Waals surface area contributed by atoms with Crippen LogP contribution in [-0.4, -0.2) is 14.2 Å². The van der Waals surface area contributed by atoms with Gasteiger partial charge in [-0.1, -0.05) is 0 Å². The molecule has 0 spiro atoms. The standard InChI is InChI=1S/C15H9F4NO2/c1-21-7-3-4-8(10(5-7)22-2)11-14(18)12(16)9(6-20)13(17)15(11)19/h3-5H,1-2H3. The Labute approximate surface area is 123 Å². The molecule has 0 N–H and O–H groups in total. The SMILES string of the molecule is COc1ccc(-c2c(F)c(F)c(C#N)c(F)c2F)c(OC)c1. The van der Waals surface area contributed by atoms with Gasteiger partial charge >= 0.3 is 0 Å². The average molecular weight is 311 g/mol. The summed E-state index contributed by atoms with van der Waals surface area (Å²) in [6.45, 7) is 0. The van der Waals surface area contributed by atoms with Crippen LogP contribution in [0.15, 0.2) is 18.2 Å². The molecule has 0 saturated carbocycles. The predicted molar refractivity (Wildman–Crippen MR) is 69.5 cm³/mol. The van der Waals surface area contributed by atoms with Crippen molar-refractivity contribution in [3.63, 3.8) is 0 Å². The van der Waals surface area contributed by atoms with Crippen LogP contribution < -0.4 is 9.47 Å². The van der Waals surface area contributed by atoms with Crippen molar-refractivity contribution < 1.29 is 27.0 Å². The summed E-state index contributed by atoms with van der Waals surface area (Å²) in [7, 11) is 2.60. The minimum Gasteiger partial charge on any atom is -0.497 e. The molecule has 0 heterocycles. The van der Waals surface area contributed by atoms with Gasteiger partial charge in [-0.05, 0) is 12.1 Å². The molecule has 3 nitrogen and oxygen atoms in total. The Morgan fingerprint density at radius 3 is 1.95 bits per heavy atom. The molecule has 114 valence electrons. The van der Waals surface area contributed by atoms with Gasteiger partial charge in [-0.2, -0.15) is 5.26 Å². The van der Waals surface area contributed by atoms with Crippen molar-refractivity contribution in [1.29, 1.82) is 5.26 Å². The first kappa shape index (κ1) is 15.6. The summed E-state index contributed by atoms with van der Waals surface area (Å²) in [4.78, 5) is 0. The van der Waals surface area contributed by atoms with E-state index in [-0.39, 0.29) is 11.3 Å². The van der Waals surface area contributed by atoms with Crippen LogP contribution in [0.4, 0.5) is 17.6 Å². The van der Waals surface area contributed by atoms with Crippen molar-refractivity contribution >= 4 is 0 Å². The fourth-order valence-corrected chi connectivity index (χ4v) is 1.97. The third kappa shape index (κ3) is 2.33. The molecule has 0 amide bonds. The number of hydrogen-bond donors (Lipinski definition) is 0. The maximum Gasteiger partial charge on any atom is 0.180 e. The zero-order valence-corrected chi connectivity index (χ0v) is 11.5. The molecule has 0 radical (unpaired) electrons. The Balaban J connectivity index is 2.82. The van der Waals surface area contributed by atoms with E-state index in [9.17, 15) is 17.6 Å². The lowest BCUT2D eigenvalue weighted by Gasteiger charge is -2.13. The van der Waals surface area contributed by atoms with E-state index in [1.54, 1.807) is 0 Å². The van der Waals surface area contributed by atoms with Crippen LogP contribution in [0.1, 0.15) is 5.56 Å². The molecule has 0 aliphatic heterocycles. The van der Waals surface area contributed by atoms with Crippen LogP contribution in [0.25, 0.3) is 11.1 Å². The first-order valence-corrected chi connectivity index (χ1v) is 5.94. The number of halogens is 4. The maximum atomic E-state index is 14.1. The molecule has 0 aliphatic rings. The van der Waals surface area contributed by atoms with E-state index in [2.05, 4.69) is 0 Å². The van der Waals surface area contributed by atoms with Gasteiger partial charge in [0.2, 0.25) is 0 Å². The Bertz CT molecular complexity index is 755. The Morgan fingerprint density at radius 2 is 1.50 bits per heavy atom. The summed E-state index contributed by atoms with van der Waals surface area (Å²) in [5, 5.41) is 8.57. The van der Waals surface area contributed by atoms with Crippen LogP contribution in [0.2, 0.25) is 0 Å². The zero-order chi connectivity index (χ0) is 16.4. The Morgan fingerprint density at radius 1 is 0.909 bits per heavy atom. The summed E-state index contributed by atoms with van der Waals surface area (Å²) in [5.74, 6) is -6.56. The number of nitriles is 1. The van der Waals surface area contributed by atoms with Gasteiger partial charge < -0.3 is 9.47 Å². The Hall–Kier alpha value is -2.75. The number of ether oxygens (including phenoxy) is 2. The Kier molecular flexibility index (Phi) is 4.22. The fraction of sp³-hybridized carbons (Fsp3) is 0.133. The molecule has 0 atom stereocenters. The molecule has 7 heteroatoms. The molecule has 0 unspecified atom stereocenters. The predicted octanol–water partition coefficient (Wildman–Crippen LogP) is 3.80. The van der Waals surface area contributed by atoms with Crippen molar-refractivity contribution in [2.45, 2.75) is 0 Å². The normalized spacial score (nSPS) is 10.2. The molecular weight excluding hydrogens is 302 g/mol. The molecule has 22 heavy (non-hydrogen) atoms. The van der Waals surface area contributed by atoms with E-state index in [4.69, 9.17) is 14.7 Å². The monoisotopic (exact) mass is 311 g/mol. The summed E-state index contributed by atoms with van der Waals surface area (Å²) in [5.41, 5.74) is -2.47. The van der Waals surface area contributed by atoms with Gasteiger partial charge in [0.1, 0.15) is 23.1 Å². The molecule has 0 bridgehead atoms. The number of rotatable bonds is 3. The topological polar surface area (TPSA) is 42.2 Å². The van der Waals surface area contributed by atoms with Crippen LogP contribution in [-0.2, 0) is 0 Å². The number of methoxy groups -OCH3 is 2. The molecular formula is C15H9F4NO2. The van der Waals surface area contributed by atoms with E-state index in [0.717, 1.165) is 6.07 Å². The maximum absolute atomic E-state index is 14.1. The molecule has 0 aromatic heterocycles. The summed E-state index contributed by atoms with van der Waals surface area (Å²) in [6, 6.07) is 4.95. The number of nitrogens with zero attached hydrogens (tertiary/aromatic N) is 1. The van der Waals surface area contributed by atoms with Crippen LogP contribution in [0.3, 0.4) is 0 Å². The molecule has 0 saturated heterocycles. The summed E-state index contributed by atoms with van der Waals surface area (Å²) >= 11 is 0. The third-order valence-electron chi connectivity index (χ3n) is 3.05. The lowest BCUT2D eigenvalue weighted by molar-refractivity contribution is 0.394. The van der Waals surface area contributed by atoms with Crippen molar-refractivity contribution in [3.05, 3.63) is 47.0 Å². The largest absolute Gasteiger partial charge is 0.497 e. The van der Waals surface area contributed by atoms with Crippen LogP contribution in [0.5, 0.6) is 11.5 Å². The second-order valence-electron chi connectivity index (χ2n) is 4.18. The lowest BCUT2D eigenvalue weighted by Crippen LogP contribution is -2.04. The van der Waals surface area contributed by atoms with E-state index in [1.807, 2.05) is 0 Å². The highest BCUT2D eigenvalue weighted by molar-refractivity contribution is 5.73. The fourth-order valence-electron chi connectivity index (χ4n) is 1.97. The highest BCUT2D eigenvalue weighted by Crippen LogP contribution is 2.38. The quantitative estimate of drug-likeness (QED) is 0.639. The molecule has 0 fully saturated rings. The van der Waals surface area contributed by atoms with E-state index < -0.39 is 34.4 Å². The second-order valence-corrected chi connectivity index (χ2v) is 4.18. The second kappa shape index (κ2) is 5.93. The van der Waals surface area contributed by atoms with Gasteiger partial charge in [0.05, 0.1) is 19.8 Å². The smallest absolute Gasteiger partial charge is 0.180 e. The summed E-state index contributed by atoms with van der Waals surface area (Å²) < 4.78 is 65.4. The van der Waals surface area contributed by atoms with Crippen molar-refractivity contribution in [2.75, 3.05) is 14.2 Å². The average Bonchev–Trinajstić information content (AvgIpc) is 2.54. The summed E-state index contributed by atoms with van der Waals surface area (Å²) in [6.07, 6.45) is 0. The van der Waals surface area contributed by atoms with E-state index in [0.29, 0.717) is 5.75 Å². The van der Waals surface area contributed by atoms with Gasteiger partial charge in [0.25, 0.3) is 0 Å². The van der Waals surface area contributed by atoms with Gasteiger partial charge in [0, 0.05) is 11.6 Å². The van der Waals surface area contributed by atoms with Gasteiger partial charge in [-0.25, -0.2) is 17.6 Å². The van der Waals surface area contributed by atoms with Gasteiger partial charge in [0.15, 0.2) is 23.3 Å². The molecule has 0 aliphatic carbocycles. The first-order chi connectivity index (χ1) is 10.5. The minimum absolute atomic E-state index is 0.0411. The number of hydrogen-bond acceptors (Lipinski definition) is 3. The first-order valence-electron chi connectivity index (χ1n) is 5.94. The molecule has 2 aromatic rings. The van der Waals surface area contributed by atoms with E-state index >= 15 is 0 Å². The van der Waals surface area contributed by atoms with Crippen molar-refractivity contribution in [3.8, 4) is 28.7 Å². The van der Waals surface area contributed by atoms with Crippen molar-refractivity contribution in [2.24, 2.45) is 0 Å². The zero-order valence-electron chi connectivity index (χ0n) is 11.5. The van der Waals surface area contributed by atoms with Gasteiger partial charge in [-0.3, -0.25) is 0 Å². The minimum atomic E-state index is -1.76. The lowest BCUT2D eigenvalue weighted by atomic mass is 10.00. The van der Waals surface area contributed by atoms with Crippen molar-refractivity contribution in [1.82, 2.24) is 0 Å². The highest BCUT2D eigenvalue weighted by atomic mass is 19.2. The number of benzene rings is 2. The van der Waals surface area contributed by atoms with Crippen LogP contribution in [0, 0.1) is 34.6 Å². The van der Waals surface area contributed by atoms with Crippen LogP contribution >= 0.6 is 0 Å². The molecule has 2 rings (SSSR count).